The topological polar surface area (TPSA) is 88.5 Å². The minimum absolute atomic E-state index is 0.000966. The maximum Gasteiger partial charge on any atom is 0.204 e. The fraction of sp³-hybridized carbons (Fsp3) is 0. The second kappa shape index (κ2) is 4.83. The highest BCUT2D eigenvalue weighted by Crippen LogP contribution is 2.29. The summed E-state index contributed by atoms with van der Waals surface area (Å²) in [7, 11) is 0. The third-order valence-corrected chi connectivity index (χ3v) is 5.87. The van der Waals surface area contributed by atoms with Gasteiger partial charge in [-0.15, -0.1) is 11.3 Å². The molecule has 0 radical (unpaired) electrons. The predicted octanol–water partition coefficient (Wildman–Crippen LogP) is 2.38. The molecule has 4 aromatic carbocycles. The molecule has 1 aromatic heterocycles. The first-order valence-electron chi connectivity index (χ1n) is 7.76. The summed E-state index contributed by atoms with van der Waals surface area (Å²) in [6.07, 6.45) is 0. The van der Waals surface area contributed by atoms with Crippen LogP contribution in [0.2, 0.25) is 0 Å². The summed E-state index contributed by atoms with van der Waals surface area (Å²) in [5, 5.41) is 10.4. The molecule has 5 nitrogen and oxygen atoms in total. The Balaban J connectivity index is 2.23. The molecule has 5 aromatic rings. The SMILES string of the molecule is O=c1c2ccccc2c(=O)c2c1sc1c(=O)c3cc(O)ccc3c(=O)c12. The molecule has 0 saturated carbocycles. The quantitative estimate of drug-likeness (QED) is 0.458. The number of phenolic OH excluding ortho intramolecular Hbond substituents is 1. The Morgan fingerprint density at radius 3 is 1.73 bits per heavy atom. The molecule has 5 rings (SSSR count). The van der Waals surface area contributed by atoms with Crippen LogP contribution < -0.4 is 21.7 Å². The molecule has 0 bridgehead atoms. The molecular weight excluding hydrogens is 352 g/mol. The van der Waals surface area contributed by atoms with Crippen molar-refractivity contribution >= 4 is 53.1 Å². The summed E-state index contributed by atoms with van der Waals surface area (Å²) >= 11 is 0.872. The van der Waals surface area contributed by atoms with E-state index in [-0.39, 0.29) is 52.9 Å². The van der Waals surface area contributed by atoms with Crippen molar-refractivity contribution in [2.24, 2.45) is 0 Å². The fourth-order valence-electron chi connectivity index (χ4n) is 3.50. The van der Waals surface area contributed by atoms with Crippen LogP contribution in [-0.2, 0) is 0 Å². The number of phenols is 1. The van der Waals surface area contributed by atoms with Crippen molar-refractivity contribution in [3.05, 3.63) is 83.4 Å². The van der Waals surface area contributed by atoms with E-state index in [4.69, 9.17) is 0 Å². The molecular formula is C20H8O5S. The van der Waals surface area contributed by atoms with Crippen LogP contribution in [0.3, 0.4) is 0 Å². The van der Waals surface area contributed by atoms with Crippen LogP contribution in [0, 0.1) is 0 Å². The molecule has 0 fully saturated rings. The number of aromatic hydroxyl groups is 1. The van der Waals surface area contributed by atoms with E-state index in [0.717, 1.165) is 11.3 Å². The highest BCUT2D eigenvalue weighted by atomic mass is 32.1. The predicted molar refractivity (Wildman–Crippen MR) is 103 cm³/mol. The zero-order valence-electron chi connectivity index (χ0n) is 13.0. The monoisotopic (exact) mass is 360 g/mol. The molecule has 6 heteroatoms. The third kappa shape index (κ3) is 1.69. The molecule has 26 heavy (non-hydrogen) atoms. The molecule has 0 unspecified atom stereocenters. The Morgan fingerprint density at radius 2 is 1.12 bits per heavy atom. The van der Waals surface area contributed by atoms with Gasteiger partial charge in [0.05, 0.1) is 20.2 Å². The van der Waals surface area contributed by atoms with Gasteiger partial charge in [-0.3, -0.25) is 19.2 Å². The zero-order chi connectivity index (χ0) is 18.2. The minimum Gasteiger partial charge on any atom is -0.508 e. The molecule has 0 saturated heterocycles. The van der Waals surface area contributed by atoms with E-state index < -0.39 is 16.3 Å². The smallest absolute Gasteiger partial charge is 0.204 e. The average molecular weight is 360 g/mol. The van der Waals surface area contributed by atoms with Crippen molar-refractivity contribution in [1.29, 1.82) is 0 Å². The van der Waals surface area contributed by atoms with Gasteiger partial charge < -0.3 is 5.11 Å². The first kappa shape index (κ1) is 14.9. The molecule has 124 valence electrons. The third-order valence-electron chi connectivity index (χ3n) is 4.68. The molecule has 1 N–H and O–H groups in total. The lowest BCUT2D eigenvalue weighted by atomic mass is 10.0. The van der Waals surface area contributed by atoms with Gasteiger partial charge in [-0.1, -0.05) is 24.3 Å². The van der Waals surface area contributed by atoms with E-state index in [1.165, 1.54) is 18.2 Å². The highest BCUT2D eigenvalue weighted by Gasteiger charge is 2.21. The van der Waals surface area contributed by atoms with Crippen LogP contribution in [0.5, 0.6) is 5.75 Å². The lowest BCUT2D eigenvalue weighted by Crippen LogP contribution is -2.15. The Bertz CT molecular complexity index is 1620. The van der Waals surface area contributed by atoms with Gasteiger partial charge in [0.25, 0.3) is 0 Å². The van der Waals surface area contributed by atoms with Gasteiger partial charge >= 0.3 is 0 Å². The van der Waals surface area contributed by atoms with Crippen molar-refractivity contribution in [3.8, 4) is 5.75 Å². The molecule has 0 spiro atoms. The number of fused-ring (bicyclic) bond motifs is 5. The number of hydrogen-bond donors (Lipinski definition) is 1. The van der Waals surface area contributed by atoms with E-state index in [1.54, 1.807) is 24.3 Å². The summed E-state index contributed by atoms with van der Waals surface area (Å²) in [6.45, 7) is 0. The summed E-state index contributed by atoms with van der Waals surface area (Å²) < 4.78 is 0.199. The summed E-state index contributed by atoms with van der Waals surface area (Å²) in [6, 6.07) is 10.3. The van der Waals surface area contributed by atoms with E-state index in [0.29, 0.717) is 0 Å². The Morgan fingerprint density at radius 1 is 0.615 bits per heavy atom. The van der Waals surface area contributed by atoms with Crippen LogP contribution in [0.4, 0.5) is 0 Å². The standard InChI is InChI=1S/C20H8O5S/c21-8-5-6-11-12(7-8)18(25)20-14(16(11)23)13-15(22)9-3-1-2-4-10(9)17(24)19(13)26-20/h1-7,21H. The van der Waals surface area contributed by atoms with Crippen molar-refractivity contribution in [2.75, 3.05) is 0 Å². The first-order chi connectivity index (χ1) is 12.5. The number of rotatable bonds is 0. The lowest BCUT2D eigenvalue weighted by Gasteiger charge is -1.99. The van der Waals surface area contributed by atoms with Gasteiger partial charge in [-0.25, -0.2) is 0 Å². The van der Waals surface area contributed by atoms with E-state index in [2.05, 4.69) is 0 Å². The van der Waals surface area contributed by atoms with Gasteiger partial charge in [0.15, 0.2) is 10.9 Å². The number of hydrogen-bond acceptors (Lipinski definition) is 6. The molecule has 0 aliphatic carbocycles. The Kier molecular flexibility index (Phi) is 2.77. The largest absolute Gasteiger partial charge is 0.508 e. The summed E-state index contributed by atoms with van der Waals surface area (Å²) in [5.74, 6) is -0.130. The highest BCUT2D eigenvalue weighted by molar-refractivity contribution is 7.25. The first-order valence-corrected chi connectivity index (χ1v) is 8.58. The minimum atomic E-state index is -0.479. The second-order valence-corrected chi connectivity index (χ2v) is 7.12. The lowest BCUT2D eigenvalue weighted by molar-refractivity contribution is 0.476. The summed E-state index contributed by atoms with van der Waals surface area (Å²) in [5.41, 5.74) is -1.72. The van der Waals surface area contributed by atoms with E-state index in [1.807, 2.05) is 0 Å². The average Bonchev–Trinajstić information content (AvgIpc) is 3.05. The molecule has 0 aliphatic rings. The van der Waals surface area contributed by atoms with Gasteiger partial charge in [0, 0.05) is 21.5 Å². The molecule has 0 amide bonds. The van der Waals surface area contributed by atoms with Crippen LogP contribution in [-0.4, -0.2) is 5.11 Å². The zero-order valence-corrected chi connectivity index (χ0v) is 13.8. The van der Waals surface area contributed by atoms with Crippen LogP contribution >= 0.6 is 11.3 Å². The van der Waals surface area contributed by atoms with Crippen LogP contribution in [0.1, 0.15) is 0 Å². The van der Waals surface area contributed by atoms with Crippen molar-refractivity contribution in [3.63, 3.8) is 0 Å². The van der Waals surface area contributed by atoms with Gasteiger partial charge in [0.1, 0.15) is 5.75 Å². The van der Waals surface area contributed by atoms with Crippen molar-refractivity contribution < 1.29 is 5.11 Å². The molecule has 1 heterocycles. The van der Waals surface area contributed by atoms with Gasteiger partial charge in [-0.2, -0.15) is 0 Å². The Labute approximate surface area is 147 Å². The maximum atomic E-state index is 13.0. The van der Waals surface area contributed by atoms with E-state index >= 15 is 0 Å². The molecule has 0 atom stereocenters. The second-order valence-electron chi connectivity index (χ2n) is 6.10. The normalized spacial score (nSPS) is 11.8. The maximum absolute atomic E-state index is 13.0. The van der Waals surface area contributed by atoms with Crippen LogP contribution in [0.15, 0.2) is 61.6 Å². The van der Waals surface area contributed by atoms with Crippen molar-refractivity contribution in [2.45, 2.75) is 0 Å². The van der Waals surface area contributed by atoms with E-state index in [9.17, 15) is 24.3 Å². The van der Waals surface area contributed by atoms with Crippen LogP contribution in [0.25, 0.3) is 41.7 Å². The van der Waals surface area contributed by atoms with Crippen molar-refractivity contribution in [1.82, 2.24) is 0 Å². The number of thiophene rings is 1. The van der Waals surface area contributed by atoms with Gasteiger partial charge in [-0.05, 0) is 18.2 Å². The fourth-order valence-corrected chi connectivity index (χ4v) is 4.70. The molecule has 0 aliphatic heterocycles. The van der Waals surface area contributed by atoms with Gasteiger partial charge in [0.2, 0.25) is 10.9 Å². The number of benzene rings is 4. The Hall–Kier alpha value is -3.38. The summed E-state index contributed by atoms with van der Waals surface area (Å²) in [4.78, 5) is 51.6.